The summed E-state index contributed by atoms with van der Waals surface area (Å²) in [6.45, 7) is 0. The molecule has 0 radical (unpaired) electrons. The van der Waals surface area contributed by atoms with Crippen molar-refractivity contribution < 1.29 is 4.74 Å². The molecule has 0 saturated carbocycles. The second-order valence-corrected chi connectivity index (χ2v) is 5.04. The van der Waals surface area contributed by atoms with Gasteiger partial charge in [-0.3, -0.25) is 0 Å². The molecule has 1 aromatic heterocycles. The Labute approximate surface area is 115 Å². The molecule has 0 bridgehead atoms. The monoisotopic (exact) mass is 391 g/mol. The van der Waals surface area contributed by atoms with E-state index in [1.54, 1.807) is 6.20 Å². The molecule has 0 atom stereocenters. The van der Waals surface area contributed by atoms with Crippen LogP contribution in [0.4, 0.5) is 5.95 Å². The van der Waals surface area contributed by atoms with Gasteiger partial charge in [0.15, 0.2) is 0 Å². The number of rotatable bonds is 2. The molecule has 0 saturated heterocycles. The number of halogens is 2. The fourth-order valence-electron chi connectivity index (χ4n) is 1.08. The largest absolute Gasteiger partial charge is 0.438 e. The Morgan fingerprint density at radius 2 is 2.19 bits per heavy atom. The third kappa shape index (κ3) is 2.82. The van der Waals surface area contributed by atoms with E-state index in [1.165, 1.54) is 0 Å². The standard InChI is InChI=1S/C10H7BrIN3O/c11-8-5-14-10(13)15-9(8)16-7-3-1-2-6(12)4-7/h1-5H,(H2,13,14,15). The predicted octanol–water partition coefficient (Wildman–Crippen LogP) is 3.22. The first-order valence-electron chi connectivity index (χ1n) is 4.36. The van der Waals surface area contributed by atoms with Gasteiger partial charge < -0.3 is 10.5 Å². The summed E-state index contributed by atoms with van der Waals surface area (Å²) in [5.41, 5.74) is 5.49. The first-order chi connectivity index (χ1) is 7.65. The fourth-order valence-corrected chi connectivity index (χ4v) is 1.86. The highest BCUT2D eigenvalue weighted by Crippen LogP contribution is 2.27. The number of anilines is 1. The first kappa shape index (κ1) is 11.6. The van der Waals surface area contributed by atoms with E-state index in [0.717, 1.165) is 3.57 Å². The minimum absolute atomic E-state index is 0.184. The van der Waals surface area contributed by atoms with E-state index < -0.39 is 0 Å². The summed E-state index contributed by atoms with van der Waals surface area (Å²) in [6.07, 6.45) is 1.56. The third-order valence-electron chi connectivity index (χ3n) is 1.74. The Bertz CT molecular complexity index is 521. The lowest BCUT2D eigenvalue weighted by Crippen LogP contribution is -1.97. The van der Waals surface area contributed by atoms with Crippen LogP contribution in [0, 0.1) is 3.57 Å². The van der Waals surface area contributed by atoms with Crippen molar-refractivity contribution >= 4 is 44.5 Å². The summed E-state index contributed by atoms with van der Waals surface area (Å²) in [5, 5.41) is 0. The predicted molar refractivity (Wildman–Crippen MR) is 73.4 cm³/mol. The van der Waals surface area contributed by atoms with Crippen LogP contribution in [-0.2, 0) is 0 Å². The van der Waals surface area contributed by atoms with Gasteiger partial charge in [0, 0.05) is 3.57 Å². The van der Waals surface area contributed by atoms with Gasteiger partial charge in [-0.25, -0.2) is 4.98 Å². The van der Waals surface area contributed by atoms with Crippen LogP contribution >= 0.6 is 38.5 Å². The molecule has 82 valence electrons. The zero-order valence-corrected chi connectivity index (χ0v) is 11.8. The van der Waals surface area contributed by atoms with Crippen molar-refractivity contribution in [1.82, 2.24) is 9.97 Å². The van der Waals surface area contributed by atoms with Crippen molar-refractivity contribution in [3.05, 3.63) is 38.5 Å². The molecule has 2 N–H and O–H groups in total. The molecule has 2 rings (SSSR count). The second kappa shape index (κ2) is 4.96. The summed E-state index contributed by atoms with van der Waals surface area (Å²) in [7, 11) is 0. The minimum Gasteiger partial charge on any atom is -0.438 e. The molecule has 6 heteroatoms. The van der Waals surface area contributed by atoms with E-state index >= 15 is 0 Å². The summed E-state index contributed by atoms with van der Waals surface area (Å²) < 4.78 is 7.35. The lowest BCUT2D eigenvalue weighted by Gasteiger charge is -2.06. The number of hydrogen-bond donors (Lipinski definition) is 1. The molecule has 0 aliphatic carbocycles. The van der Waals surface area contributed by atoms with Crippen molar-refractivity contribution in [2.24, 2.45) is 0 Å². The van der Waals surface area contributed by atoms with Gasteiger partial charge in [-0.05, 0) is 56.7 Å². The Hall–Kier alpha value is -0.890. The number of ether oxygens (including phenoxy) is 1. The molecule has 0 unspecified atom stereocenters. The lowest BCUT2D eigenvalue weighted by molar-refractivity contribution is 0.459. The van der Waals surface area contributed by atoms with Gasteiger partial charge >= 0.3 is 0 Å². The maximum absolute atomic E-state index is 5.59. The molecular weight excluding hydrogens is 385 g/mol. The molecular formula is C10H7BrIN3O. The molecule has 1 heterocycles. The van der Waals surface area contributed by atoms with Gasteiger partial charge in [0.25, 0.3) is 0 Å². The van der Waals surface area contributed by atoms with Crippen LogP contribution in [0.2, 0.25) is 0 Å². The van der Waals surface area contributed by atoms with E-state index in [9.17, 15) is 0 Å². The first-order valence-corrected chi connectivity index (χ1v) is 6.24. The van der Waals surface area contributed by atoms with Crippen molar-refractivity contribution in [3.63, 3.8) is 0 Å². The molecule has 0 amide bonds. The average Bonchev–Trinajstić information content (AvgIpc) is 2.24. The topological polar surface area (TPSA) is 61.0 Å². The smallest absolute Gasteiger partial charge is 0.238 e. The third-order valence-corrected chi connectivity index (χ3v) is 2.96. The molecule has 2 aromatic rings. The van der Waals surface area contributed by atoms with Crippen LogP contribution in [0.1, 0.15) is 0 Å². The Morgan fingerprint density at radius 3 is 2.94 bits per heavy atom. The zero-order valence-electron chi connectivity index (χ0n) is 8.02. The molecule has 4 nitrogen and oxygen atoms in total. The second-order valence-electron chi connectivity index (χ2n) is 2.94. The van der Waals surface area contributed by atoms with E-state index in [0.29, 0.717) is 16.1 Å². The molecule has 16 heavy (non-hydrogen) atoms. The summed E-state index contributed by atoms with van der Waals surface area (Å²) >= 11 is 5.51. The number of nitrogen functional groups attached to an aromatic ring is 1. The van der Waals surface area contributed by atoms with Gasteiger partial charge in [-0.15, -0.1) is 0 Å². The number of hydrogen-bond acceptors (Lipinski definition) is 4. The van der Waals surface area contributed by atoms with Gasteiger partial charge in [0.1, 0.15) is 5.75 Å². The van der Waals surface area contributed by atoms with E-state index in [2.05, 4.69) is 48.5 Å². The number of aromatic nitrogens is 2. The minimum atomic E-state index is 0.184. The van der Waals surface area contributed by atoms with E-state index in [1.807, 2.05) is 24.3 Å². The molecule has 1 aromatic carbocycles. The van der Waals surface area contributed by atoms with Crippen LogP contribution < -0.4 is 10.5 Å². The van der Waals surface area contributed by atoms with Crippen LogP contribution in [0.5, 0.6) is 11.6 Å². The van der Waals surface area contributed by atoms with Gasteiger partial charge in [-0.2, -0.15) is 4.98 Å². The fraction of sp³-hybridized carbons (Fsp3) is 0. The van der Waals surface area contributed by atoms with Crippen LogP contribution in [-0.4, -0.2) is 9.97 Å². The van der Waals surface area contributed by atoms with Crippen molar-refractivity contribution in [2.75, 3.05) is 5.73 Å². The Kier molecular flexibility index (Phi) is 3.59. The highest BCUT2D eigenvalue weighted by molar-refractivity contribution is 14.1. The maximum atomic E-state index is 5.59. The quantitative estimate of drug-likeness (QED) is 0.798. The van der Waals surface area contributed by atoms with Crippen LogP contribution in [0.15, 0.2) is 34.9 Å². The zero-order chi connectivity index (χ0) is 11.5. The highest BCUT2D eigenvalue weighted by Gasteiger charge is 2.06. The number of benzene rings is 1. The van der Waals surface area contributed by atoms with E-state index in [-0.39, 0.29) is 5.95 Å². The van der Waals surface area contributed by atoms with Gasteiger partial charge in [0.2, 0.25) is 11.8 Å². The highest BCUT2D eigenvalue weighted by atomic mass is 127. The number of nitrogens with two attached hydrogens (primary N) is 1. The molecule has 0 fully saturated rings. The molecule has 0 spiro atoms. The van der Waals surface area contributed by atoms with Crippen molar-refractivity contribution in [1.29, 1.82) is 0 Å². The van der Waals surface area contributed by atoms with Gasteiger partial charge in [0.05, 0.1) is 10.7 Å². The SMILES string of the molecule is Nc1ncc(Br)c(Oc2cccc(I)c2)n1. The molecule has 0 aliphatic heterocycles. The summed E-state index contributed by atoms with van der Waals surface area (Å²) in [6, 6.07) is 7.66. The Morgan fingerprint density at radius 1 is 1.38 bits per heavy atom. The Balaban J connectivity index is 2.30. The van der Waals surface area contributed by atoms with Crippen LogP contribution in [0.25, 0.3) is 0 Å². The molecule has 0 aliphatic rings. The van der Waals surface area contributed by atoms with Crippen LogP contribution in [0.3, 0.4) is 0 Å². The maximum Gasteiger partial charge on any atom is 0.238 e. The summed E-state index contributed by atoms with van der Waals surface area (Å²) in [4.78, 5) is 7.83. The lowest BCUT2D eigenvalue weighted by atomic mass is 10.3. The van der Waals surface area contributed by atoms with E-state index in [4.69, 9.17) is 10.5 Å². The summed E-state index contributed by atoms with van der Waals surface area (Å²) in [5.74, 6) is 1.31. The average molecular weight is 392 g/mol. The van der Waals surface area contributed by atoms with Gasteiger partial charge in [-0.1, -0.05) is 6.07 Å². The van der Waals surface area contributed by atoms with Crippen molar-refractivity contribution in [2.45, 2.75) is 0 Å². The van der Waals surface area contributed by atoms with Crippen molar-refractivity contribution in [3.8, 4) is 11.6 Å². The normalized spacial score (nSPS) is 10.1. The number of nitrogens with zero attached hydrogens (tertiary/aromatic N) is 2.